The van der Waals surface area contributed by atoms with E-state index in [1.165, 1.54) is 0 Å². The number of hydrogen-bond acceptors (Lipinski definition) is 10. The number of H-pyrrole nitrogens is 1. The molecule has 4 heterocycles. The molecule has 4 N–H and O–H groups in total. The Morgan fingerprint density at radius 3 is 2.57 bits per heavy atom. The van der Waals surface area contributed by atoms with Crippen molar-refractivity contribution in [1.29, 1.82) is 0 Å². The predicted octanol–water partition coefficient (Wildman–Crippen LogP) is 4.13. The first-order chi connectivity index (χ1) is 22.0. The molecule has 1 fully saturated rings. The topological polar surface area (TPSA) is 150 Å². The monoisotopic (exact) mass is 633 g/mol. The minimum Gasteiger partial charge on any atom is -0.444 e. The van der Waals surface area contributed by atoms with E-state index in [2.05, 4.69) is 52.7 Å². The standard InChI is InChI=1S/C32H40FN9O4/c1-32(2,3)46-31(44)37-15-20-9-10-21(16-34-20)38-30-36-18-24(33)27(40-30)23-17-35-28-22(23)7-6-8-25(28)39-29(43)26(19-45-5)42-13-11-41(4)12-14-42/h6-10,16-18,26,35H,11-15,19H2,1-5H3,(H,37,44)(H,39,43)(H,36,38,40)/t26-/m1/s1. The van der Waals surface area contributed by atoms with E-state index in [4.69, 9.17) is 9.47 Å². The van der Waals surface area contributed by atoms with Crippen LogP contribution in [0.1, 0.15) is 26.5 Å². The Bertz CT molecular complexity index is 1660. The second-order valence-corrected chi connectivity index (χ2v) is 12.1. The maximum absolute atomic E-state index is 15.1. The number of ether oxygens (including phenoxy) is 2. The first-order valence-corrected chi connectivity index (χ1v) is 15.0. The van der Waals surface area contributed by atoms with Gasteiger partial charge < -0.3 is 35.3 Å². The highest BCUT2D eigenvalue weighted by Gasteiger charge is 2.29. The summed E-state index contributed by atoms with van der Waals surface area (Å²) in [5.41, 5.74) is 2.43. The fourth-order valence-electron chi connectivity index (χ4n) is 5.13. The molecule has 0 bridgehead atoms. The molecule has 1 aromatic carbocycles. The SMILES string of the molecule is COC[C@H](C(=O)Nc1cccc2c(-c3nc(Nc4ccc(CNC(=O)OC(C)(C)C)nc4)ncc3F)c[nH]c12)N1CCN(C)CC1. The highest BCUT2D eigenvalue weighted by molar-refractivity contribution is 6.06. The van der Waals surface area contributed by atoms with Gasteiger partial charge >= 0.3 is 6.09 Å². The number of anilines is 3. The Kier molecular flexibility index (Phi) is 10.1. The van der Waals surface area contributed by atoms with E-state index < -0.39 is 23.6 Å². The van der Waals surface area contributed by atoms with E-state index in [1.807, 2.05) is 6.07 Å². The van der Waals surface area contributed by atoms with Crippen LogP contribution in [0, 0.1) is 5.82 Å². The molecule has 13 nitrogen and oxygen atoms in total. The molecule has 0 aliphatic carbocycles. The maximum Gasteiger partial charge on any atom is 0.407 e. The Morgan fingerprint density at radius 1 is 1.09 bits per heavy atom. The minimum absolute atomic E-state index is 0.0908. The lowest BCUT2D eigenvalue weighted by Gasteiger charge is -2.36. The summed E-state index contributed by atoms with van der Waals surface area (Å²) in [7, 11) is 3.65. The number of methoxy groups -OCH3 is 1. The third-order valence-electron chi connectivity index (χ3n) is 7.47. The second-order valence-electron chi connectivity index (χ2n) is 12.1. The number of benzene rings is 1. The van der Waals surface area contributed by atoms with Crippen molar-refractivity contribution < 1.29 is 23.5 Å². The van der Waals surface area contributed by atoms with Crippen molar-refractivity contribution in [3.05, 3.63) is 60.4 Å². The molecular formula is C32H40FN9O4. The molecule has 4 aromatic rings. The van der Waals surface area contributed by atoms with Crippen LogP contribution >= 0.6 is 0 Å². The number of carbonyl (C=O) groups is 2. The predicted molar refractivity (Wildman–Crippen MR) is 173 cm³/mol. The summed E-state index contributed by atoms with van der Waals surface area (Å²) in [4.78, 5) is 45.8. The number of nitrogens with zero attached hydrogens (tertiary/aromatic N) is 5. The van der Waals surface area contributed by atoms with Gasteiger partial charge in [0.05, 0.1) is 48.1 Å². The van der Waals surface area contributed by atoms with Crippen LogP contribution in [-0.2, 0) is 20.8 Å². The van der Waals surface area contributed by atoms with E-state index in [1.54, 1.807) is 64.5 Å². The number of halogens is 1. The van der Waals surface area contributed by atoms with Crippen LogP contribution in [0.5, 0.6) is 0 Å². The van der Waals surface area contributed by atoms with Gasteiger partial charge in [-0.15, -0.1) is 0 Å². The first-order valence-electron chi connectivity index (χ1n) is 15.0. The molecule has 46 heavy (non-hydrogen) atoms. The molecular weight excluding hydrogens is 593 g/mol. The van der Waals surface area contributed by atoms with Crippen LogP contribution in [-0.4, -0.2) is 100 Å². The van der Waals surface area contributed by atoms with E-state index in [0.717, 1.165) is 32.4 Å². The van der Waals surface area contributed by atoms with Crippen molar-refractivity contribution in [3.8, 4) is 11.3 Å². The zero-order chi connectivity index (χ0) is 32.8. The summed E-state index contributed by atoms with van der Waals surface area (Å²) in [5.74, 6) is -0.598. The largest absolute Gasteiger partial charge is 0.444 e. The number of piperazine rings is 1. The van der Waals surface area contributed by atoms with Crippen molar-refractivity contribution in [2.45, 2.75) is 39.0 Å². The molecule has 0 unspecified atom stereocenters. The van der Waals surface area contributed by atoms with Gasteiger partial charge in [-0.3, -0.25) is 14.7 Å². The first kappa shape index (κ1) is 32.7. The number of alkyl carbamates (subject to hydrolysis) is 1. The van der Waals surface area contributed by atoms with Crippen molar-refractivity contribution in [1.82, 2.24) is 35.1 Å². The fraction of sp³-hybridized carbons (Fsp3) is 0.406. The molecule has 2 amide bonds. The molecule has 0 spiro atoms. The van der Waals surface area contributed by atoms with Crippen LogP contribution in [0.2, 0.25) is 0 Å². The molecule has 0 saturated carbocycles. The average molecular weight is 634 g/mol. The fourth-order valence-corrected chi connectivity index (χ4v) is 5.13. The molecule has 244 valence electrons. The summed E-state index contributed by atoms with van der Waals surface area (Å²) < 4.78 is 25.8. The van der Waals surface area contributed by atoms with Gasteiger partial charge in [0.2, 0.25) is 11.9 Å². The molecule has 1 aliphatic heterocycles. The number of rotatable bonds is 10. The van der Waals surface area contributed by atoms with Crippen LogP contribution in [0.15, 0.2) is 48.9 Å². The Labute approximate surface area is 266 Å². The lowest BCUT2D eigenvalue weighted by molar-refractivity contribution is -0.124. The third-order valence-corrected chi connectivity index (χ3v) is 7.47. The van der Waals surface area contributed by atoms with E-state index >= 15 is 4.39 Å². The Morgan fingerprint density at radius 2 is 1.87 bits per heavy atom. The minimum atomic E-state index is -0.599. The number of amides is 2. The molecule has 1 aliphatic rings. The molecule has 5 rings (SSSR count). The number of nitrogens with one attached hydrogen (secondary N) is 4. The number of carbonyl (C=O) groups excluding carboxylic acids is 2. The number of likely N-dealkylation sites (N-methyl/N-ethyl adjacent to an activating group) is 1. The van der Waals surface area contributed by atoms with Gasteiger partial charge in [0.15, 0.2) is 5.82 Å². The highest BCUT2D eigenvalue weighted by atomic mass is 19.1. The van der Waals surface area contributed by atoms with Gasteiger partial charge in [-0.05, 0) is 46.0 Å². The molecule has 1 saturated heterocycles. The zero-order valence-corrected chi connectivity index (χ0v) is 26.7. The second kappa shape index (κ2) is 14.2. The highest BCUT2D eigenvalue weighted by Crippen LogP contribution is 2.33. The maximum atomic E-state index is 15.1. The number of hydrogen-bond donors (Lipinski definition) is 4. The normalized spacial score (nSPS) is 15.0. The number of fused-ring (bicyclic) bond motifs is 1. The van der Waals surface area contributed by atoms with Crippen LogP contribution in [0.4, 0.5) is 26.5 Å². The number of aromatic amines is 1. The summed E-state index contributed by atoms with van der Waals surface area (Å²) in [6.07, 6.45) is 3.80. The zero-order valence-electron chi connectivity index (χ0n) is 26.7. The molecule has 0 radical (unpaired) electrons. The number of aromatic nitrogens is 4. The van der Waals surface area contributed by atoms with Crippen molar-refractivity contribution in [3.63, 3.8) is 0 Å². The van der Waals surface area contributed by atoms with Crippen molar-refractivity contribution >= 4 is 40.2 Å². The van der Waals surface area contributed by atoms with Gasteiger partial charge in [0.1, 0.15) is 17.3 Å². The van der Waals surface area contributed by atoms with Gasteiger partial charge in [-0.25, -0.2) is 19.2 Å². The van der Waals surface area contributed by atoms with Gasteiger partial charge in [0, 0.05) is 50.4 Å². The van der Waals surface area contributed by atoms with E-state index in [-0.39, 0.29) is 30.7 Å². The summed E-state index contributed by atoms with van der Waals surface area (Å²) in [5, 5.41) is 9.45. The van der Waals surface area contributed by atoms with E-state index in [0.29, 0.717) is 33.5 Å². The summed E-state index contributed by atoms with van der Waals surface area (Å²) >= 11 is 0. The summed E-state index contributed by atoms with van der Waals surface area (Å²) in [6, 6.07) is 8.50. The van der Waals surface area contributed by atoms with Crippen LogP contribution < -0.4 is 16.0 Å². The molecule has 14 heteroatoms. The van der Waals surface area contributed by atoms with Crippen molar-refractivity contribution in [2.75, 3.05) is 57.6 Å². The Balaban J connectivity index is 1.30. The third kappa shape index (κ3) is 8.13. The number of pyridine rings is 1. The molecule has 3 aromatic heterocycles. The van der Waals surface area contributed by atoms with Gasteiger partial charge in [-0.1, -0.05) is 12.1 Å². The lowest BCUT2D eigenvalue weighted by atomic mass is 10.1. The van der Waals surface area contributed by atoms with Crippen LogP contribution in [0.3, 0.4) is 0 Å². The van der Waals surface area contributed by atoms with Gasteiger partial charge in [-0.2, -0.15) is 0 Å². The van der Waals surface area contributed by atoms with Crippen molar-refractivity contribution in [2.24, 2.45) is 0 Å². The summed E-state index contributed by atoms with van der Waals surface area (Å²) in [6.45, 7) is 9.12. The molecule has 1 atom stereocenters. The number of para-hydroxylation sites is 1. The Hall–Kier alpha value is -4.66. The van der Waals surface area contributed by atoms with E-state index in [9.17, 15) is 9.59 Å². The average Bonchev–Trinajstić information content (AvgIpc) is 3.45. The smallest absolute Gasteiger partial charge is 0.407 e. The quantitative estimate of drug-likeness (QED) is 0.201. The van der Waals surface area contributed by atoms with Crippen LogP contribution in [0.25, 0.3) is 22.2 Å². The lowest BCUT2D eigenvalue weighted by Crippen LogP contribution is -2.54. The van der Waals surface area contributed by atoms with Gasteiger partial charge in [0.25, 0.3) is 0 Å².